The van der Waals surface area contributed by atoms with Crippen LogP contribution in [0.4, 0.5) is 4.79 Å². The predicted octanol–water partition coefficient (Wildman–Crippen LogP) is 2.03. The standard InChI is InChI=1S/C14H24N2O3/c1-3-5-14(12(17)18)6-8-16(10-14)13(19)15-7-4-11(2)9-15/h11H,3-10H2,1-2H3,(H,17,18). The van der Waals surface area contributed by atoms with Crippen LogP contribution in [0.15, 0.2) is 0 Å². The van der Waals surface area contributed by atoms with E-state index in [1.807, 2.05) is 11.8 Å². The number of aliphatic carboxylic acids is 1. The number of amides is 2. The number of hydrogen-bond donors (Lipinski definition) is 1. The second kappa shape index (κ2) is 5.39. The lowest BCUT2D eigenvalue weighted by Gasteiger charge is -2.27. The van der Waals surface area contributed by atoms with Crippen LogP contribution in [0.1, 0.15) is 39.5 Å². The first-order chi connectivity index (χ1) is 8.98. The van der Waals surface area contributed by atoms with E-state index in [-0.39, 0.29) is 6.03 Å². The number of rotatable bonds is 3. The van der Waals surface area contributed by atoms with Crippen molar-refractivity contribution in [3.8, 4) is 0 Å². The van der Waals surface area contributed by atoms with Gasteiger partial charge in [-0.1, -0.05) is 20.3 Å². The summed E-state index contributed by atoms with van der Waals surface area (Å²) in [6, 6.07) is 0.0311. The lowest BCUT2D eigenvalue weighted by atomic mass is 9.83. The van der Waals surface area contributed by atoms with Gasteiger partial charge in [-0.05, 0) is 25.2 Å². The molecule has 5 heteroatoms. The van der Waals surface area contributed by atoms with E-state index in [0.29, 0.717) is 31.8 Å². The van der Waals surface area contributed by atoms with Crippen molar-refractivity contribution in [3.05, 3.63) is 0 Å². The van der Waals surface area contributed by atoms with Crippen molar-refractivity contribution < 1.29 is 14.7 Å². The highest BCUT2D eigenvalue weighted by Gasteiger charge is 2.46. The van der Waals surface area contributed by atoms with Crippen LogP contribution in [0, 0.1) is 11.3 Å². The Bertz CT molecular complexity index is 372. The van der Waals surface area contributed by atoms with Gasteiger partial charge in [-0.25, -0.2) is 4.79 Å². The van der Waals surface area contributed by atoms with Crippen LogP contribution in [0.3, 0.4) is 0 Å². The highest BCUT2D eigenvalue weighted by Crippen LogP contribution is 2.36. The van der Waals surface area contributed by atoms with E-state index < -0.39 is 11.4 Å². The Morgan fingerprint density at radius 2 is 2.05 bits per heavy atom. The van der Waals surface area contributed by atoms with Gasteiger partial charge < -0.3 is 14.9 Å². The Labute approximate surface area is 114 Å². The van der Waals surface area contributed by atoms with E-state index in [1.54, 1.807) is 4.90 Å². The summed E-state index contributed by atoms with van der Waals surface area (Å²) in [7, 11) is 0. The molecular weight excluding hydrogens is 244 g/mol. The van der Waals surface area contributed by atoms with Gasteiger partial charge in [0.2, 0.25) is 0 Å². The van der Waals surface area contributed by atoms with Crippen LogP contribution < -0.4 is 0 Å². The summed E-state index contributed by atoms with van der Waals surface area (Å²) in [4.78, 5) is 27.5. The summed E-state index contributed by atoms with van der Waals surface area (Å²) in [5, 5.41) is 9.45. The molecule has 2 aliphatic rings. The van der Waals surface area contributed by atoms with Crippen LogP contribution in [-0.4, -0.2) is 53.1 Å². The number of carbonyl (C=O) groups is 2. The second-order valence-corrected chi connectivity index (χ2v) is 6.13. The topological polar surface area (TPSA) is 60.9 Å². The van der Waals surface area contributed by atoms with Crippen molar-refractivity contribution >= 4 is 12.0 Å². The van der Waals surface area contributed by atoms with E-state index in [9.17, 15) is 14.7 Å². The van der Waals surface area contributed by atoms with E-state index in [2.05, 4.69) is 6.92 Å². The maximum Gasteiger partial charge on any atom is 0.320 e. The minimum atomic E-state index is -0.751. The molecule has 1 N–H and O–H groups in total. The maximum absolute atomic E-state index is 12.4. The number of urea groups is 1. The van der Waals surface area contributed by atoms with Gasteiger partial charge in [0.25, 0.3) is 0 Å². The molecule has 2 aliphatic heterocycles. The van der Waals surface area contributed by atoms with E-state index in [0.717, 1.165) is 25.9 Å². The summed E-state index contributed by atoms with van der Waals surface area (Å²) in [6.45, 7) is 6.72. The number of carboxylic acid groups (broad SMARTS) is 1. The quantitative estimate of drug-likeness (QED) is 0.852. The molecule has 0 radical (unpaired) electrons. The Kier molecular flexibility index (Phi) is 4.02. The molecule has 5 nitrogen and oxygen atoms in total. The minimum Gasteiger partial charge on any atom is -0.481 e. The average Bonchev–Trinajstić information content (AvgIpc) is 2.96. The minimum absolute atomic E-state index is 0.0311. The molecule has 2 rings (SSSR count). The van der Waals surface area contributed by atoms with E-state index >= 15 is 0 Å². The van der Waals surface area contributed by atoms with Gasteiger partial charge in [0.1, 0.15) is 0 Å². The molecule has 0 bridgehead atoms. The van der Waals surface area contributed by atoms with Crippen LogP contribution >= 0.6 is 0 Å². The molecule has 0 aromatic heterocycles. The maximum atomic E-state index is 12.4. The first-order valence-electron chi connectivity index (χ1n) is 7.26. The van der Waals surface area contributed by atoms with Crippen molar-refractivity contribution in [2.24, 2.45) is 11.3 Å². The molecule has 0 saturated carbocycles. The zero-order valence-electron chi connectivity index (χ0n) is 11.9. The first kappa shape index (κ1) is 14.2. The van der Waals surface area contributed by atoms with E-state index in [4.69, 9.17) is 0 Å². The first-order valence-corrected chi connectivity index (χ1v) is 7.26. The molecule has 2 heterocycles. The molecule has 2 saturated heterocycles. The monoisotopic (exact) mass is 268 g/mol. The molecule has 0 aliphatic carbocycles. The molecule has 0 aromatic rings. The van der Waals surface area contributed by atoms with Gasteiger partial charge in [-0.2, -0.15) is 0 Å². The highest BCUT2D eigenvalue weighted by atomic mass is 16.4. The van der Waals surface area contributed by atoms with Crippen LogP contribution in [0.25, 0.3) is 0 Å². The fraction of sp³-hybridized carbons (Fsp3) is 0.857. The molecule has 108 valence electrons. The third-order valence-electron chi connectivity index (χ3n) is 4.50. The summed E-state index contributed by atoms with van der Waals surface area (Å²) in [5.41, 5.74) is -0.713. The molecule has 2 unspecified atom stereocenters. The molecule has 2 amide bonds. The van der Waals surface area contributed by atoms with Crippen molar-refractivity contribution in [2.45, 2.75) is 39.5 Å². The Morgan fingerprint density at radius 3 is 2.58 bits per heavy atom. The molecule has 19 heavy (non-hydrogen) atoms. The van der Waals surface area contributed by atoms with Gasteiger partial charge in [-0.15, -0.1) is 0 Å². The number of carbonyl (C=O) groups excluding carboxylic acids is 1. The van der Waals surface area contributed by atoms with Crippen molar-refractivity contribution in [1.29, 1.82) is 0 Å². The van der Waals surface area contributed by atoms with Crippen molar-refractivity contribution in [2.75, 3.05) is 26.2 Å². The SMILES string of the molecule is CCCC1(C(=O)O)CCN(C(=O)N2CCC(C)C2)C1. The lowest BCUT2D eigenvalue weighted by molar-refractivity contribution is -0.148. The van der Waals surface area contributed by atoms with Crippen LogP contribution in [-0.2, 0) is 4.79 Å². The zero-order chi connectivity index (χ0) is 14.0. The summed E-state index contributed by atoms with van der Waals surface area (Å²) < 4.78 is 0. The second-order valence-electron chi connectivity index (χ2n) is 6.13. The van der Waals surface area contributed by atoms with Crippen molar-refractivity contribution in [1.82, 2.24) is 9.80 Å². The number of likely N-dealkylation sites (tertiary alicyclic amines) is 2. The normalized spacial score (nSPS) is 30.9. The summed E-state index contributed by atoms with van der Waals surface area (Å²) in [5.74, 6) is -0.189. The average molecular weight is 268 g/mol. The van der Waals surface area contributed by atoms with Crippen LogP contribution in [0.5, 0.6) is 0 Å². The molecule has 0 aromatic carbocycles. The van der Waals surface area contributed by atoms with Crippen molar-refractivity contribution in [3.63, 3.8) is 0 Å². The predicted molar refractivity (Wildman–Crippen MR) is 71.9 cm³/mol. The van der Waals surface area contributed by atoms with Crippen LogP contribution in [0.2, 0.25) is 0 Å². The van der Waals surface area contributed by atoms with E-state index in [1.165, 1.54) is 0 Å². The van der Waals surface area contributed by atoms with Gasteiger partial charge >= 0.3 is 12.0 Å². The number of nitrogens with zero attached hydrogens (tertiary/aromatic N) is 2. The van der Waals surface area contributed by atoms with Gasteiger partial charge in [-0.3, -0.25) is 4.79 Å². The smallest absolute Gasteiger partial charge is 0.320 e. The number of hydrogen-bond acceptors (Lipinski definition) is 2. The largest absolute Gasteiger partial charge is 0.481 e. The Balaban J connectivity index is 2.00. The van der Waals surface area contributed by atoms with Gasteiger partial charge in [0, 0.05) is 26.2 Å². The zero-order valence-corrected chi connectivity index (χ0v) is 11.9. The Hall–Kier alpha value is -1.26. The molecule has 0 spiro atoms. The Morgan fingerprint density at radius 1 is 1.32 bits per heavy atom. The number of carboxylic acids is 1. The highest BCUT2D eigenvalue weighted by molar-refractivity contribution is 5.80. The van der Waals surface area contributed by atoms with Gasteiger partial charge in [0.05, 0.1) is 5.41 Å². The lowest BCUT2D eigenvalue weighted by Crippen LogP contribution is -2.43. The summed E-state index contributed by atoms with van der Waals surface area (Å²) in [6.07, 6.45) is 3.14. The third kappa shape index (κ3) is 2.69. The molecular formula is C14H24N2O3. The fourth-order valence-electron chi connectivity index (χ4n) is 3.31. The fourth-order valence-corrected chi connectivity index (χ4v) is 3.31. The third-order valence-corrected chi connectivity index (χ3v) is 4.50. The van der Waals surface area contributed by atoms with Gasteiger partial charge in [0.15, 0.2) is 0 Å². The molecule has 2 atom stereocenters. The molecule has 2 fully saturated rings. The summed E-state index contributed by atoms with van der Waals surface area (Å²) >= 11 is 0.